The van der Waals surface area contributed by atoms with Crippen molar-refractivity contribution in [2.45, 2.75) is 13.5 Å². The number of hydrogen-bond acceptors (Lipinski definition) is 7. The van der Waals surface area contributed by atoms with Crippen LogP contribution in [-0.4, -0.2) is 71.2 Å². The summed E-state index contributed by atoms with van der Waals surface area (Å²) >= 11 is 0. The Morgan fingerprint density at radius 2 is 1.53 bits per heavy atom. The van der Waals surface area contributed by atoms with E-state index >= 15 is 0 Å². The standard InChI is InChI=1S/C31H32N4O2.C2H2O4/c1-23-20-26(8-10-28(23)25-12-14-32-15-13-25)31(36)33-27-9-11-30(37-2)29(21-27)35-18-16-34(17-19-35)22-24-6-4-3-5-7-24;3-1(4)2(5)6/h3-15,20-21H,16-19,22H2,1-2H3,(H,33,36);(H,3,4)(H,5,6). The second kappa shape index (κ2) is 14.6. The Morgan fingerprint density at radius 1 is 0.860 bits per heavy atom. The van der Waals surface area contributed by atoms with Crippen molar-refractivity contribution in [1.82, 2.24) is 9.88 Å². The van der Waals surface area contributed by atoms with Crippen LogP contribution in [0.3, 0.4) is 0 Å². The van der Waals surface area contributed by atoms with Crippen LogP contribution in [0.4, 0.5) is 11.4 Å². The quantitative estimate of drug-likeness (QED) is 0.263. The Balaban J connectivity index is 0.000000641. The van der Waals surface area contributed by atoms with Crippen molar-refractivity contribution >= 4 is 29.2 Å². The molecule has 5 rings (SSSR count). The van der Waals surface area contributed by atoms with Gasteiger partial charge in [-0.2, -0.15) is 0 Å². The third-order valence-electron chi connectivity index (χ3n) is 7.06. The molecule has 1 aliphatic heterocycles. The summed E-state index contributed by atoms with van der Waals surface area (Å²) in [4.78, 5) is 40.2. The van der Waals surface area contributed by atoms with Crippen LogP contribution in [0.2, 0.25) is 0 Å². The van der Waals surface area contributed by atoms with E-state index in [1.54, 1.807) is 19.5 Å². The highest BCUT2D eigenvalue weighted by molar-refractivity contribution is 6.27. The molecule has 4 aromatic rings. The maximum absolute atomic E-state index is 13.1. The molecule has 222 valence electrons. The second-order valence-electron chi connectivity index (χ2n) is 9.97. The van der Waals surface area contributed by atoms with Crippen molar-refractivity contribution in [3.05, 3.63) is 108 Å². The highest BCUT2D eigenvalue weighted by atomic mass is 16.5. The molecule has 10 heteroatoms. The highest BCUT2D eigenvalue weighted by Crippen LogP contribution is 2.33. The van der Waals surface area contributed by atoms with Crippen molar-refractivity contribution in [1.29, 1.82) is 0 Å². The second-order valence-corrected chi connectivity index (χ2v) is 9.97. The summed E-state index contributed by atoms with van der Waals surface area (Å²) < 4.78 is 5.66. The summed E-state index contributed by atoms with van der Waals surface area (Å²) in [5, 5.41) is 17.9. The number of pyridine rings is 1. The molecule has 0 radical (unpaired) electrons. The van der Waals surface area contributed by atoms with Crippen LogP contribution < -0.4 is 15.0 Å². The van der Waals surface area contributed by atoms with Gasteiger partial charge >= 0.3 is 11.9 Å². The number of rotatable bonds is 7. The Bertz CT molecular complexity index is 1540. The zero-order valence-corrected chi connectivity index (χ0v) is 24.1. The zero-order valence-electron chi connectivity index (χ0n) is 24.1. The molecular formula is C33H34N4O6. The number of nitrogens with zero attached hydrogens (tertiary/aromatic N) is 3. The van der Waals surface area contributed by atoms with E-state index in [1.807, 2.05) is 55.5 Å². The predicted octanol–water partition coefficient (Wildman–Crippen LogP) is 4.80. The largest absolute Gasteiger partial charge is 0.495 e. The number of hydrogen-bond donors (Lipinski definition) is 3. The summed E-state index contributed by atoms with van der Waals surface area (Å²) in [6, 6.07) is 26.2. The fourth-order valence-corrected chi connectivity index (χ4v) is 4.87. The Hall–Kier alpha value is -5.22. The topological polar surface area (TPSA) is 132 Å². The number of carboxylic acid groups (broad SMARTS) is 2. The number of carbonyl (C=O) groups is 3. The fraction of sp³-hybridized carbons (Fsp3) is 0.212. The van der Waals surface area contributed by atoms with Crippen LogP contribution in [0.1, 0.15) is 21.5 Å². The minimum absolute atomic E-state index is 0.131. The van der Waals surface area contributed by atoms with Gasteiger partial charge in [-0.3, -0.25) is 14.7 Å². The fourth-order valence-electron chi connectivity index (χ4n) is 4.87. The van der Waals surface area contributed by atoms with Gasteiger partial charge in [0.1, 0.15) is 5.75 Å². The van der Waals surface area contributed by atoms with Crippen molar-refractivity contribution in [2.75, 3.05) is 43.5 Å². The molecule has 10 nitrogen and oxygen atoms in total. The number of aryl methyl sites for hydroxylation is 1. The van der Waals surface area contributed by atoms with Crippen LogP contribution >= 0.6 is 0 Å². The molecule has 1 aliphatic rings. The average Bonchev–Trinajstić information content (AvgIpc) is 3.02. The summed E-state index contributed by atoms with van der Waals surface area (Å²) in [6.07, 6.45) is 3.56. The molecule has 2 heterocycles. The van der Waals surface area contributed by atoms with Crippen LogP contribution in [-0.2, 0) is 16.1 Å². The van der Waals surface area contributed by atoms with E-state index in [0.717, 1.165) is 66.5 Å². The number of amides is 1. The van der Waals surface area contributed by atoms with E-state index in [2.05, 4.69) is 50.4 Å². The summed E-state index contributed by atoms with van der Waals surface area (Å²) in [5.41, 5.74) is 6.94. The molecule has 1 fully saturated rings. The molecule has 43 heavy (non-hydrogen) atoms. The third kappa shape index (κ3) is 8.40. The molecule has 1 amide bonds. The lowest BCUT2D eigenvalue weighted by Crippen LogP contribution is -2.46. The maximum Gasteiger partial charge on any atom is 0.414 e. The van der Waals surface area contributed by atoms with Crippen molar-refractivity contribution in [2.24, 2.45) is 0 Å². The van der Waals surface area contributed by atoms with Crippen molar-refractivity contribution in [3.63, 3.8) is 0 Å². The van der Waals surface area contributed by atoms with Gasteiger partial charge < -0.3 is 25.2 Å². The van der Waals surface area contributed by atoms with E-state index in [4.69, 9.17) is 24.5 Å². The molecule has 3 aromatic carbocycles. The number of aromatic nitrogens is 1. The summed E-state index contributed by atoms with van der Waals surface area (Å²) in [5.74, 6) is -2.97. The molecule has 0 aliphatic carbocycles. The van der Waals surface area contributed by atoms with E-state index in [0.29, 0.717) is 5.56 Å². The number of benzene rings is 3. The van der Waals surface area contributed by atoms with Crippen LogP contribution in [0, 0.1) is 6.92 Å². The lowest BCUT2D eigenvalue weighted by molar-refractivity contribution is -0.159. The first-order chi connectivity index (χ1) is 20.7. The van der Waals surface area contributed by atoms with Crippen LogP contribution in [0.25, 0.3) is 11.1 Å². The molecule has 0 saturated carbocycles. The minimum Gasteiger partial charge on any atom is -0.495 e. The lowest BCUT2D eigenvalue weighted by atomic mass is 9.99. The van der Waals surface area contributed by atoms with Crippen LogP contribution in [0.15, 0.2) is 91.3 Å². The smallest absolute Gasteiger partial charge is 0.414 e. The first-order valence-corrected chi connectivity index (χ1v) is 13.7. The molecule has 1 aromatic heterocycles. The Kier molecular flexibility index (Phi) is 10.4. The van der Waals surface area contributed by atoms with Gasteiger partial charge in [-0.1, -0.05) is 36.4 Å². The molecule has 0 atom stereocenters. The van der Waals surface area contributed by atoms with Crippen molar-refractivity contribution < 1.29 is 29.3 Å². The number of nitrogens with one attached hydrogen (secondary N) is 1. The average molecular weight is 583 g/mol. The van der Waals surface area contributed by atoms with Gasteiger partial charge in [-0.15, -0.1) is 0 Å². The lowest BCUT2D eigenvalue weighted by Gasteiger charge is -2.36. The number of anilines is 2. The van der Waals surface area contributed by atoms with E-state index < -0.39 is 11.9 Å². The van der Waals surface area contributed by atoms with E-state index in [-0.39, 0.29) is 5.91 Å². The molecule has 0 unspecified atom stereocenters. The SMILES string of the molecule is COc1ccc(NC(=O)c2ccc(-c3ccncc3)c(C)c2)cc1N1CCN(Cc2ccccc2)CC1.O=C(O)C(=O)O. The summed E-state index contributed by atoms with van der Waals surface area (Å²) in [7, 11) is 1.69. The third-order valence-corrected chi connectivity index (χ3v) is 7.06. The van der Waals surface area contributed by atoms with Crippen LogP contribution in [0.5, 0.6) is 5.75 Å². The molecule has 1 saturated heterocycles. The monoisotopic (exact) mass is 582 g/mol. The molecule has 0 spiro atoms. The van der Waals surface area contributed by atoms with E-state index in [9.17, 15) is 4.79 Å². The Labute approximate surface area is 250 Å². The number of aliphatic carboxylic acids is 2. The van der Waals surface area contributed by atoms with Gasteiger partial charge in [0.2, 0.25) is 0 Å². The van der Waals surface area contributed by atoms with Crippen molar-refractivity contribution in [3.8, 4) is 16.9 Å². The van der Waals surface area contributed by atoms with Gasteiger partial charge in [-0.05, 0) is 71.6 Å². The molecular weight excluding hydrogens is 548 g/mol. The number of carboxylic acids is 2. The molecule has 3 N–H and O–H groups in total. The number of methoxy groups -OCH3 is 1. The summed E-state index contributed by atoms with van der Waals surface area (Å²) in [6.45, 7) is 6.72. The first-order valence-electron chi connectivity index (χ1n) is 13.7. The normalized spacial score (nSPS) is 12.9. The van der Waals surface area contributed by atoms with Gasteiger partial charge in [0.25, 0.3) is 5.91 Å². The molecule has 0 bridgehead atoms. The maximum atomic E-state index is 13.1. The van der Waals surface area contributed by atoms with Gasteiger partial charge in [-0.25, -0.2) is 9.59 Å². The number of ether oxygens (including phenoxy) is 1. The van der Waals surface area contributed by atoms with Gasteiger partial charge in [0, 0.05) is 56.4 Å². The van der Waals surface area contributed by atoms with Gasteiger partial charge in [0.05, 0.1) is 12.8 Å². The van der Waals surface area contributed by atoms with E-state index in [1.165, 1.54) is 5.56 Å². The zero-order chi connectivity index (χ0) is 30.8. The Morgan fingerprint density at radius 3 is 2.14 bits per heavy atom. The first kappa shape index (κ1) is 30.7. The number of carbonyl (C=O) groups excluding carboxylic acids is 1. The number of piperazine rings is 1. The van der Waals surface area contributed by atoms with Gasteiger partial charge in [0.15, 0.2) is 0 Å². The highest BCUT2D eigenvalue weighted by Gasteiger charge is 2.21. The predicted molar refractivity (Wildman–Crippen MR) is 165 cm³/mol. The minimum atomic E-state index is -1.82.